The van der Waals surface area contributed by atoms with Gasteiger partial charge in [-0.15, -0.1) is 0 Å². The first kappa shape index (κ1) is 21.1. The standard InChI is InChI=1S/C22H30N2O6/c1-4-14(12-25)24-18-20(27)23(13(2)3)10-7-9-22(18)17(19(24)26)16-15(30-22)8-5-6-11-29-21(16)28/h5,7-9,13-18,25H,4,6,10-12H2,1-3H3/t14-,15+,16-,17-,18?,22-/m0/s1. The van der Waals surface area contributed by atoms with Gasteiger partial charge in [-0.1, -0.05) is 31.2 Å². The van der Waals surface area contributed by atoms with E-state index in [0.717, 1.165) is 0 Å². The minimum Gasteiger partial charge on any atom is -0.465 e. The minimum absolute atomic E-state index is 0.0672. The van der Waals surface area contributed by atoms with Gasteiger partial charge in [0.1, 0.15) is 17.6 Å². The molecule has 4 rings (SSSR count). The van der Waals surface area contributed by atoms with Crippen molar-refractivity contribution in [1.82, 2.24) is 9.80 Å². The Hall–Kier alpha value is -2.19. The van der Waals surface area contributed by atoms with E-state index in [1.54, 1.807) is 11.0 Å². The number of cyclic esters (lactones) is 1. The van der Waals surface area contributed by atoms with Crippen molar-refractivity contribution < 1.29 is 29.0 Å². The molecule has 0 radical (unpaired) electrons. The third kappa shape index (κ3) is 2.92. The lowest BCUT2D eigenvalue weighted by Gasteiger charge is -2.39. The second-order valence-electron chi connectivity index (χ2n) is 8.70. The van der Waals surface area contributed by atoms with Crippen LogP contribution in [0.1, 0.15) is 33.6 Å². The summed E-state index contributed by atoms with van der Waals surface area (Å²) >= 11 is 0. The number of carbonyl (C=O) groups excluding carboxylic acids is 3. The van der Waals surface area contributed by atoms with Crippen LogP contribution in [-0.4, -0.2) is 82.3 Å². The number of nitrogens with zero attached hydrogens (tertiary/aromatic N) is 2. The predicted octanol–water partition coefficient (Wildman–Crippen LogP) is 0.648. The molecule has 4 aliphatic heterocycles. The van der Waals surface area contributed by atoms with Crippen molar-refractivity contribution in [3.05, 3.63) is 24.3 Å². The van der Waals surface area contributed by atoms with Crippen LogP contribution in [0.2, 0.25) is 0 Å². The molecule has 0 saturated carbocycles. The first-order chi connectivity index (χ1) is 14.4. The van der Waals surface area contributed by atoms with Crippen LogP contribution in [0.15, 0.2) is 24.3 Å². The van der Waals surface area contributed by atoms with E-state index < -0.39 is 41.6 Å². The largest absolute Gasteiger partial charge is 0.465 e. The molecule has 0 aromatic heterocycles. The molecule has 1 N–H and O–H groups in total. The maximum Gasteiger partial charge on any atom is 0.312 e. The number of ether oxygens (including phenoxy) is 2. The quantitative estimate of drug-likeness (QED) is 0.532. The van der Waals surface area contributed by atoms with Gasteiger partial charge >= 0.3 is 5.97 Å². The van der Waals surface area contributed by atoms with Crippen molar-refractivity contribution in [2.75, 3.05) is 19.8 Å². The molecule has 1 unspecified atom stereocenters. The second kappa shape index (κ2) is 7.81. The zero-order chi connectivity index (χ0) is 21.6. The van der Waals surface area contributed by atoms with E-state index in [-0.39, 0.29) is 31.1 Å². The van der Waals surface area contributed by atoms with Gasteiger partial charge in [-0.25, -0.2) is 0 Å². The molecule has 8 heteroatoms. The Morgan fingerprint density at radius 2 is 2.00 bits per heavy atom. The van der Waals surface area contributed by atoms with Gasteiger partial charge < -0.3 is 24.4 Å². The van der Waals surface area contributed by atoms with Crippen LogP contribution in [0.5, 0.6) is 0 Å². The summed E-state index contributed by atoms with van der Waals surface area (Å²) in [5, 5.41) is 9.97. The molecule has 164 valence electrons. The van der Waals surface area contributed by atoms with E-state index in [1.807, 2.05) is 39.0 Å². The lowest BCUT2D eigenvalue weighted by molar-refractivity contribution is -0.156. The fourth-order valence-electron chi connectivity index (χ4n) is 5.34. The van der Waals surface area contributed by atoms with Gasteiger partial charge in [0.25, 0.3) is 0 Å². The molecule has 0 aromatic rings. The molecule has 0 aliphatic carbocycles. The van der Waals surface area contributed by atoms with Crippen molar-refractivity contribution in [3.8, 4) is 0 Å². The number of esters is 1. The highest BCUT2D eigenvalue weighted by molar-refractivity contribution is 5.99. The topological polar surface area (TPSA) is 96.4 Å². The van der Waals surface area contributed by atoms with Crippen LogP contribution in [0, 0.1) is 11.8 Å². The Balaban J connectivity index is 1.87. The number of rotatable bonds is 4. The summed E-state index contributed by atoms with van der Waals surface area (Å²) in [5.41, 5.74) is -1.26. The van der Waals surface area contributed by atoms with Gasteiger partial charge in [-0.2, -0.15) is 0 Å². The van der Waals surface area contributed by atoms with Gasteiger partial charge in [0.2, 0.25) is 11.8 Å². The molecule has 6 atom stereocenters. The van der Waals surface area contributed by atoms with Crippen LogP contribution in [-0.2, 0) is 23.9 Å². The van der Waals surface area contributed by atoms with Gasteiger partial charge in [0.15, 0.2) is 0 Å². The van der Waals surface area contributed by atoms with Crippen molar-refractivity contribution in [1.29, 1.82) is 0 Å². The average molecular weight is 418 g/mol. The molecule has 2 saturated heterocycles. The van der Waals surface area contributed by atoms with E-state index in [2.05, 4.69) is 0 Å². The summed E-state index contributed by atoms with van der Waals surface area (Å²) in [6, 6.07) is -1.53. The molecule has 2 fully saturated rings. The second-order valence-corrected chi connectivity index (χ2v) is 8.70. The predicted molar refractivity (Wildman–Crippen MR) is 107 cm³/mol. The lowest BCUT2D eigenvalue weighted by atomic mass is 9.77. The summed E-state index contributed by atoms with van der Waals surface area (Å²) in [6.45, 7) is 6.11. The molecule has 0 aromatic carbocycles. The molecule has 30 heavy (non-hydrogen) atoms. The van der Waals surface area contributed by atoms with Gasteiger partial charge in [-0.3, -0.25) is 14.4 Å². The monoisotopic (exact) mass is 418 g/mol. The highest BCUT2D eigenvalue weighted by atomic mass is 16.6. The van der Waals surface area contributed by atoms with Gasteiger partial charge in [0.05, 0.1) is 31.3 Å². The molecule has 4 heterocycles. The average Bonchev–Trinajstić information content (AvgIpc) is 3.07. The molecule has 2 amide bonds. The van der Waals surface area contributed by atoms with E-state index in [1.165, 1.54) is 4.90 Å². The van der Waals surface area contributed by atoms with E-state index in [0.29, 0.717) is 19.4 Å². The Morgan fingerprint density at radius 1 is 1.23 bits per heavy atom. The van der Waals surface area contributed by atoms with Gasteiger partial charge in [-0.05, 0) is 26.7 Å². The number of hydrogen-bond donors (Lipinski definition) is 1. The SMILES string of the molecule is CC[C@@H](CO)N1C(=O)[C@@H]2[C@H]3C(=O)OCCC=C[C@H]3O[C@@]23C=CCN(C(C)C)C(=O)C13. The van der Waals surface area contributed by atoms with Crippen LogP contribution in [0.25, 0.3) is 0 Å². The van der Waals surface area contributed by atoms with Crippen LogP contribution < -0.4 is 0 Å². The number of amides is 2. The lowest BCUT2D eigenvalue weighted by Crippen LogP contribution is -2.58. The fraction of sp³-hybridized carbons (Fsp3) is 0.682. The van der Waals surface area contributed by atoms with Crippen LogP contribution in [0.3, 0.4) is 0 Å². The van der Waals surface area contributed by atoms with Crippen molar-refractivity contribution in [2.45, 2.75) is 63.4 Å². The Bertz CT molecular complexity index is 788. The zero-order valence-corrected chi connectivity index (χ0v) is 17.7. The maximum atomic E-state index is 13.7. The van der Waals surface area contributed by atoms with Crippen LogP contribution >= 0.6 is 0 Å². The molecule has 8 nitrogen and oxygen atoms in total. The molecule has 4 aliphatic rings. The van der Waals surface area contributed by atoms with E-state index in [9.17, 15) is 19.5 Å². The van der Waals surface area contributed by atoms with Crippen molar-refractivity contribution in [2.24, 2.45) is 11.8 Å². The van der Waals surface area contributed by atoms with E-state index >= 15 is 0 Å². The summed E-state index contributed by atoms with van der Waals surface area (Å²) in [6.07, 6.45) is 7.81. The number of aliphatic hydroxyl groups excluding tert-OH is 1. The zero-order valence-electron chi connectivity index (χ0n) is 17.7. The van der Waals surface area contributed by atoms with Crippen LogP contribution in [0.4, 0.5) is 0 Å². The number of aliphatic hydroxyl groups is 1. The first-order valence-corrected chi connectivity index (χ1v) is 10.8. The number of fused-ring (bicyclic) bond motifs is 2. The summed E-state index contributed by atoms with van der Waals surface area (Å²) < 4.78 is 11.8. The maximum absolute atomic E-state index is 13.7. The molecular formula is C22H30N2O6. The fourth-order valence-corrected chi connectivity index (χ4v) is 5.34. The van der Waals surface area contributed by atoms with Crippen molar-refractivity contribution in [3.63, 3.8) is 0 Å². The molecular weight excluding hydrogens is 388 g/mol. The summed E-state index contributed by atoms with van der Waals surface area (Å²) in [4.78, 5) is 43.5. The number of carbonyl (C=O) groups is 3. The van der Waals surface area contributed by atoms with E-state index in [4.69, 9.17) is 9.47 Å². The number of likely N-dealkylation sites (tertiary alicyclic amines) is 1. The van der Waals surface area contributed by atoms with Crippen molar-refractivity contribution >= 4 is 17.8 Å². The molecule has 1 spiro atoms. The summed E-state index contributed by atoms with van der Waals surface area (Å²) in [7, 11) is 0. The highest BCUT2D eigenvalue weighted by Crippen LogP contribution is 2.53. The van der Waals surface area contributed by atoms with Gasteiger partial charge in [0, 0.05) is 12.6 Å². The minimum atomic E-state index is -1.26. The third-order valence-electron chi connectivity index (χ3n) is 6.79. The first-order valence-electron chi connectivity index (χ1n) is 10.8. The highest BCUT2D eigenvalue weighted by Gasteiger charge is 2.72. The normalized spacial score (nSPS) is 36.8. The third-order valence-corrected chi connectivity index (χ3v) is 6.79. The molecule has 0 bridgehead atoms. The number of hydrogen-bond acceptors (Lipinski definition) is 6. The summed E-state index contributed by atoms with van der Waals surface area (Å²) in [5.74, 6) is -2.70. The Kier molecular flexibility index (Phi) is 5.48. The Morgan fingerprint density at radius 3 is 2.67 bits per heavy atom. The smallest absolute Gasteiger partial charge is 0.312 e. The Labute approximate surface area is 176 Å².